The maximum absolute atomic E-state index is 15.3. The van der Waals surface area contributed by atoms with E-state index in [1.54, 1.807) is 13.8 Å². The predicted octanol–water partition coefficient (Wildman–Crippen LogP) is -7.23. The number of aliphatic imine (C=N–C) groups is 3. The Labute approximate surface area is 767 Å². The molecule has 48 nitrogen and oxygen atoms in total. The van der Waals surface area contributed by atoms with Crippen molar-refractivity contribution in [3.8, 4) is 0 Å². The quantitative estimate of drug-likeness (QED) is 0.0164. The van der Waals surface area contributed by atoms with E-state index in [9.17, 15) is 82.4 Å². The molecule has 4 fully saturated rings. The number of hydrogen-bond acceptors (Lipinski definition) is 24. The third-order valence-electron chi connectivity index (χ3n) is 23.7. The monoisotopic (exact) mass is 1870 g/mol. The molecule has 35 N–H and O–H groups in total. The predicted molar refractivity (Wildman–Crippen MR) is 482 cm³/mol. The fourth-order valence-corrected chi connectivity index (χ4v) is 16.6. The zero-order chi connectivity index (χ0) is 97.9. The Kier molecular flexibility index (Phi) is 47.3. The number of guanidine groups is 3. The molecule has 5 rings (SSSR count). The van der Waals surface area contributed by atoms with Crippen molar-refractivity contribution in [2.45, 2.75) is 324 Å². The SMILES string of the molecule is CC(C)C[C@H](NC(=O)[C@H](CC(N)=O)NC(=O)[C@H](CC1CCCCC1)NC(=O)[C@H](CC1CCCCC1)NC(=O)[C@H](Cc1cnc[nH]1)NC(=O)[C@H](CCCN=C(N)N)NC(=O)[C@H]1CCCN1C(=O)[C@H](CO)NC(=O)CO)C(=O)NC(C)(C)C(=O)N[C@H](C(=O)N[C@@H](CCCN=C(N)N)C(=O)N[C@@H](CCC(N)=O)C(=O)N[C@@H](CCCN=C(N)N)C(=O)N[C@@H](CC1CCCCC1)C(N)=O)[C@@H](C)O. The highest BCUT2D eigenvalue weighted by Gasteiger charge is 2.44. The fourth-order valence-electron chi connectivity index (χ4n) is 16.6. The normalized spacial score (nSPS) is 17.9. The number of carbonyl (C=O) groups excluding carboxylic acids is 17. The second-order valence-electron chi connectivity index (χ2n) is 35.6. The molecule has 132 heavy (non-hydrogen) atoms. The second kappa shape index (κ2) is 56.6. The lowest BCUT2D eigenvalue weighted by Crippen LogP contribution is -2.65. The van der Waals surface area contributed by atoms with Gasteiger partial charge in [0.05, 0.1) is 25.5 Å². The van der Waals surface area contributed by atoms with E-state index < -0.39 is 229 Å². The number of amides is 17. The molecule has 4 aliphatic rings. The smallest absolute Gasteiger partial charge is 0.248 e. The highest BCUT2D eigenvalue weighted by Crippen LogP contribution is 2.31. The van der Waals surface area contributed by atoms with Gasteiger partial charge in [-0.1, -0.05) is 110 Å². The third kappa shape index (κ3) is 39.5. The van der Waals surface area contributed by atoms with Gasteiger partial charge in [-0.15, -0.1) is 0 Å². The van der Waals surface area contributed by atoms with Crippen LogP contribution in [0.3, 0.4) is 0 Å². The molecule has 740 valence electrons. The minimum absolute atomic E-state index is 0.000441. The number of aliphatic hydroxyl groups is 3. The van der Waals surface area contributed by atoms with E-state index in [0.29, 0.717) is 37.8 Å². The van der Waals surface area contributed by atoms with Crippen molar-refractivity contribution < 1.29 is 96.8 Å². The number of primary amides is 3. The van der Waals surface area contributed by atoms with Gasteiger partial charge in [0.15, 0.2) is 17.9 Å². The number of nitrogens with two attached hydrogens (primary N) is 9. The first-order valence-electron chi connectivity index (χ1n) is 45.6. The van der Waals surface area contributed by atoms with Crippen LogP contribution in [0.5, 0.6) is 0 Å². The summed E-state index contributed by atoms with van der Waals surface area (Å²) in [6, 6.07) is -19.7. The van der Waals surface area contributed by atoms with Crippen LogP contribution in [0.4, 0.5) is 0 Å². The summed E-state index contributed by atoms with van der Waals surface area (Å²) in [4.78, 5) is 260. The fraction of sp³-hybridized carbons (Fsp3) is 0.726. The van der Waals surface area contributed by atoms with Gasteiger partial charge in [-0.05, 0) is 128 Å². The molecule has 3 saturated carbocycles. The molecular formula is C84H144N28O20. The molecule has 1 aliphatic heterocycles. The van der Waals surface area contributed by atoms with E-state index >= 15 is 14.4 Å². The van der Waals surface area contributed by atoms with Gasteiger partial charge in [0.2, 0.25) is 100 Å². The van der Waals surface area contributed by atoms with E-state index in [0.717, 1.165) is 82.5 Å². The average Bonchev–Trinajstić information content (AvgIpc) is 1.42. The number of nitrogens with zero attached hydrogens (tertiary/aromatic N) is 5. The van der Waals surface area contributed by atoms with Crippen molar-refractivity contribution in [3.63, 3.8) is 0 Å². The van der Waals surface area contributed by atoms with E-state index in [4.69, 9.17) is 51.6 Å². The molecule has 1 aromatic heterocycles. The first kappa shape index (κ1) is 110. The van der Waals surface area contributed by atoms with Crippen LogP contribution in [0.2, 0.25) is 0 Å². The van der Waals surface area contributed by atoms with Gasteiger partial charge < -0.3 is 146 Å². The summed E-state index contributed by atoms with van der Waals surface area (Å²) in [5, 5.41) is 64.3. The molecule has 1 saturated heterocycles. The summed E-state index contributed by atoms with van der Waals surface area (Å²) < 4.78 is 0. The van der Waals surface area contributed by atoms with Crippen molar-refractivity contribution >= 4 is 118 Å². The number of carbonyl (C=O) groups is 17. The number of imidazole rings is 1. The van der Waals surface area contributed by atoms with Crippen molar-refractivity contribution in [3.05, 3.63) is 18.2 Å². The number of hydrogen-bond donors (Lipinski definition) is 26. The molecule has 3 aliphatic carbocycles. The largest absolute Gasteiger partial charge is 0.394 e. The maximum Gasteiger partial charge on any atom is 0.248 e. The zero-order valence-corrected chi connectivity index (χ0v) is 76.4. The van der Waals surface area contributed by atoms with E-state index in [1.165, 1.54) is 26.4 Å². The van der Waals surface area contributed by atoms with Crippen molar-refractivity contribution in [2.75, 3.05) is 39.4 Å². The van der Waals surface area contributed by atoms with Gasteiger partial charge in [-0.25, -0.2) is 4.98 Å². The van der Waals surface area contributed by atoms with E-state index in [-0.39, 0.29) is 139 Å². The van der Waals surface area contributed by atoms with Crippen LogP contribution < -0.4 is 121 Å². The summed E-state index contributed by atoms with van der Waals surface area (Å²) in [7, 11) is 0. The molecule has 0 aromatic carbocycles. The van der Waals surface area contributed by atoms with Gasteiger partial charge in [0, 0.05) is 50.9 Å². The molecule has 0 bridgehead atoms. The number of aliphatic hydroxyl groups excluding tert-OH is 3. The highest BCUT2D eigenvalue weighted by atomic mass is 16.3. The first-order chi connectivity index (χ1) is 62.5. The minimum Gasteiger partial charge on any atom is -0.394 e. The van der Waals surface area contributed by atoms with E-state index in [1.807, 2.05) is 0 Å². The van der Waals surface area contributed by atoms with Gasteiger partial charge in [0.1, 0.15) is 90.7 Å². The Morgan fingerprint density at radius 1 is 0.455 bits per heavy atom. The Hall–Kier alpha value is -12.1. The molecule has 48 heteroatoms. The molecule has 0 unspecified atom stereocenters. The minimum atomic E-state index is -2.05. The topological polar surface area (TPSA) is 810 Å². The lowest BCUT2D eigenvalue weighted by molar-refractivity contribution is -0.143. The summed E-state index contributed by atoms with van der Waals surface area (Å²) >= 11 is 0. The van der Waals surface area contributed by atoms with Gasteiger partial charge >= 0.3 is 0 Å². The number of aromatic amines is 1. The van der Waals surface area contributed by atoms with Crippen LogP contribution >= 0.6 is 0 Å². The summed E-state index contributed by atoms with van der Waals surface area (Å²) in [6.45, 7) is 5.02. The lowest BCUT2D eigenvalue weighted by atomic mass is 9.83. The van der Waals surface area contributed by atoms with Crippen LogP contribution in [0, 0.1) is 23.7 Å². The number of nitrogens with one attached hydrogen (secondary N) is 14. The maximum atomic E-state index is 15.3. The van der Waals surface area contributed by atoms with Crippen LogP contribution in [0.25, 0.3) is 0 Å². The zero-order valence-electron chi connectivity index (χ0n) is 76.4. The molecule has 1 aromatic rings. The molecule has 14 atom stereocenters. The Morgan fingerprint density at radius 2 is 0.856 bits per heavy atom. The van der Waals surface area contributed by atoms with Crippen molar-refractivity contribution in [2.24, 2.45) is 90.3 Å². The average molecular weight is 1870 g/mol. The summed E-state index contributed by atoms with van der Waals surface area (Å²) in [5.74, 6) is -17.8. The van der Waals surface area contributed by atoms with Crippen LogP contribution in [-0.2, 0) is 87.9 Å². The van der Waals surface area contributed by atoms with Crippen molar-refractivity contribution in [1.29, 1.82) is 0 Å². The standard InChI is InChI=1S/C84H144N28O20/c1-45(2)35-56(76(128)111-84(4,5)80(132)110-66(46(3)115)78(130)103-53(27-17-33-97-83(92)93)68(120)101-54(29-30-63(85)116)71(123)100-51(25-15-31-95-81(88)89)69(121)104-55(67(87)119)36-47-19-9-6-10-20-47)105-75(127)60(40-64(86)117)109-73(125)58(38-49-23-13-8-14-24-49)106-72(124)57(37-48-21-11-7-12-22-48)107-74(126)59(39-50-41-94-44-98-50)108-70(122)52(26-16-32-96-82(90)91)102-77(129)62-28-18-34-112(62)79(131)61(42-113)99-65(118)43-114/h41,44-49,51-62,66,113-115H,6-40,42-43H2,1-5H3,(H2,85,116)(H2,86,117)(H2,87,119)(H,94,98)(H,99,118)(H,100,123)(H,101,120)(H,102,129)(H,103,130)(H,104,121)(H,105,127)(H,106,124)(H,107,126)(H,108,122)(H,109,125)(H,110,132)(H,111,128)(H4,88,89,95)(H4,90,91,96)(H4,92,93,97)/t46-,51+,52+,53+,54+,55+,56+,57+,58+,59+,60+,61+,62-,66+/m1/s1. The second-order valence-corrected chi connectivity index (χ2v) is 35.6. The van der Waals surface area contributed by atoms with Crippen molar-refractivity contribution in [1.82, 2.24) is 84.0 Å². The Morgan fingerprint density at radius 3 is 1.27 bits per heavy atom. The van der Waals surface area contributed by atoms with Gasteiger partial charge in [-0.2, -0.15) is 0 Å². The number of likely N-dealkylation sites (tertiary alicyclic amines) is 1. The summed E-state index contributed by atoms with van der Waals surface area (Å²) in [5.41, 5.74) is 48.8. The number of aromatic nitrogens is 2. The Bertz CT molecular complexity index is 4100. The molecule has 2 heterocycles. The molecule has 0 spiro atoms. The summed E-state index contributed by atoms with van der Waals surface area (Å²) in [6.07, 6.45) is 11.1. The van der Waals surface area contributed by atoms with Gasteiger partial charge in [-0.3, -0.25) is 96.5 Å². The lowest BCUT2D eigenvalue weighted by Gasteiger charge is -2.32. The van der Waals surface area contributed by atoms with Gasteiger partial charge in [0.25, 0.3) is 0 Å². The molecule has 0 radical (unpaired) electrons. The van der Waals surface area contributed by atoms with Crippen LogP contribution in [0.15, 0.2) is 27.5 Å². The highest BCUT2D eigenvalue weighted by molar-refractivity contribution is 6.02. The van der Waals surface area contributed by atoms with Crippen LogP contribution in [0.1, 0.15) is 233 Å². The first-order valence-corrected chi connectivity index (χ1v) is 45.6. The molecular weight excluding hydrogens is 1720 g/mol. The number of H-pyrrole nitrogens is 1. The third-order valence-corrected chi connectivity index (χ3v) is 23.7. The Balaban J connectivity index is 1.39. The van der Waals surface area contributed by atoms with E-state index in [2.05, 4.69) is 94.1 Å². The molecule has 17 amide bonds. The van der Waals surface area contributed by atoms with Crippen LogP contribution in [-0.4, -0.2) is 278 Å². The number of rotatable bonds is 57.